The minimum Gasteiger partial charge on any atom is -0.504 e. The minimum absolute atomic E-state index is 0.0889. The van der Waals surface area contributed by atoms with Crippen LogP contribution in [0, 0.1) is 0 Å². The fraction of sp³-hybridized carbons (Fsp3) is 0.308. The molecule has 0 fully saturated rings. The lowest BCUT2D eigenvalue weighted by Gasteiger charge is -2.05. The van der Waals surface area contributed by atoms with Gasteiger partial charge in [-0.3, -0.25) is 0 Å². The molecule has 0 aliphatic rings. The molecule has 0 saturated heterocycles. The van der Waals surface area contributed by atoms with Crippen LogP contribution in [0.5, 0.6) is 11.5 Å². The van der Waals surface area contributed by atoms with Gasteiger partial charge in [-0.15, -0.1) is 10.2 Å². The summed E-state index contributed by atoms with van der Waals surface area (Å²) in [4.78, 5) is 0.714. The molecule has 0 spiro atoms. The summed E-state index contributed by atoms with van der Waals surface area (Å²) in [6.45, 7) is 4.08. The highest BCUT2D eigenvalue weighted by molar-refractivity contribution is 7.19. The third kappa shape index (κ3) is 1.90. The number of phenols is 1. The van der Waals surface area contributed by atoms with E-state index in [0.29, 0.717) is 21.3 Å². The standard InChI is InChI=1S/C13H14N4O2S/c1-7(2)11-14-15-13-17(11)16-12(20-13)8-5-4-6-9(19-3)10(8)18/h4-7,18H,1-3H3. The summed E-state index contributed by atoms with van der Waals surface area (Å²) in [6.07, 6.45) is 0. The monoisotopic (exact) mass is 290 g/mol. The van der Waals surface area contributed by atoms with Crippen LogP contribution in [0.4, 0.5) is 0 Å². The van der Waals surface area contributed by atoms with Crippen molar-refractivity contribution in [3.05, 3.63) is 24.0 Å². The fourth-order valence-corrected chi connectivity index (χ4v) is 2.83. The maximum absolute atomic E-state index is 10.2. The van der Waals surface area contributed by atoms with Crippen molar-refractivity contribution in [3.63, 3.8) is 0 Å². The topological polar surface area (TPSA) is 72.5 Å². The number of ether oxygens (including phenoxy) is 1. The Morgan fingerprint density at radius 1 is 1.30 bits per heavy atom. The fourth-order valence-electron chi connectivity index (χ4n) is 1.96. The van der Waals surface area contributed by atoms with Crippen LogP contribution in [0.25, 0.3) is 15.5 Å². The largest absolute Gasteiger partial charge is 0.504 e. The average molecular weight is 290 g/mol. The normalized spacial score (nSPS) is 11.4. The Kier molecular flexibility index (Phi) is 3.06. The molecule has 1 aromatic carbocycles. The van der Waals surface area contributed by atoms with Gasteiger partial charge in [0.1, 0.15) is 0 Å². The number of hydrogen-bond acceptors (Lipinski definition) is 6. The summed E-state index contributed by atoms with van der Waals surface area (Å²) in [5.41, 5.74) is 0.634. The zero-order valence-corrected chi connectivity index (χ0v) is 12.2. The number of methoxy groups -OCH3 is 1. The average Bonchev–Trinajstić information content (AvgIpc) is 2.98. The van der Waals surface area contributed by atoms with E-state index in [9.17, 15) is 5.11 Å². The summed E-state index contributed by atoms with van der Waals surface area (Å²) in [5, 5.41) is 23.6. The van der Waals surface area contributed by atoms with Crippen LogP contribution < -0.4 is 4.74 Å². The first-order valence-corrected chi connectivity index (χ1v) is 7.02. The summed E-state index contributed by atoms with van der Waals surface area (Å²) < 4.78 is 6.84. The molecule has 1 N–H and O–H groups in total. The van der Waals surface area contributed by atoms with E-state index in [2.05, 4.69) is 15.3 Å². The summed E-state index contributed by atoms with van der Waals surface area (Å²) in [6, 6.07) is 5.33. The van der Waals surface area contributed by atoms with Gasteiger partial charge < -0.3 is 9.84 Å². The van der Waals surface area contributed by atoms with E-state index in [-0.39, 0.29) is 11.7 Å². The van der Waals surface area contributed by atoms with E-state index in [1.807, 2.05) is 19.9 Å². The van der Waals surface area contributed by atoms with Crippen molar-refractivity contribution >= 4 is 16.3 Å². The van der Waals surface area contributed by atoms with Crippen molar-refractivity contribution in [1.82, 2.24) is 19.8 Å². The number of rotatable bonds is 3. The van der Waals surface area contributed by atoms with Gasteiger partial charge in [-0.1, -0.05) is 31.3 Å². The van der Waals surface area contributed by atoms with E-state index in [1.54, 1.807) is 16.6 Å². The molecule has 2 aromatic heterocycles. The lowest BCUT2D eigenvalue weighted by atomic mass is 10.2. The number of para-hydroxylation sites is 1. The second-order valence-corrected chi connectivity index (χ2v) is 5.63. The molecule has 0 atom stereocenters. The van der Waals surface area contributed by atoms with E-state index < -0.39 is 0 Å². The Hall–Kier alpha value is -2.15. The predicted octanol–water partition coefficient (Wildman–Crippen LogP) is 2.69. The van der Waals surface area contributed by atoms with Gasteiger partial charge in [0.15, 0.2) is 22.3 Å². The molecule has 0 radical (unpaired) electrons. The van der Waals surface area contributed by atoms with Gasteiger partial charge in [-0.05, 0) is 12.1 Å². The number of hydrogen-bond donors (Lipinski definition) is 1. The van der Waals surface area contributed by atoms with Gasteiger partial charge in [0, 0.05) is 5.92 Å². The van der Waals surface area contributed by atoms with Crippen molar-refractivity contribution in [2.24, 2.45) is 0 Å². The van der Waals surface area contributed by atoms with E-state index in [1.165, 1.54) is 18.4 Å². The van der Waals surface area contributed by atoms with Crippen molar-refractivity contribution in [1.29, 1.82) is 0 Å². The first-order chi connectivity index (χ1) is 9.61. The van der Waals surface area contributed by atoms with Gasteiger partial charge in [-0.2, -0.15) is 9.61 Å². The van der Waals surface area contributed by atoms with Crippen molar-refractivity contribution in [3.8, 4) is 22.1 Å². The van der Waals surface area contributed by atoms with Gasteiger partial charge in [-0.25, -0.2) is 0 Å². The summed E-state index contributed by atoms with van der Waals surface area (Å²) >= 11 is 1.38. The van der Waals surface area contributed by atoms with Gasteiger partial charge in [0.2, 0.25) is 4.96 Å². The van der Waals surface area contributed by atoms with Crippen LogP contribution in [-0.4, -0.2) is 32.0 Å². The Labute approximate surface area is 119 Å². The maximum Gasteiger partial charge on any atom is 0.234 e. The molecule has 0 unspecified atom stereocenters. The van der Waals surface area contributed by atoms with Crippen LogP contribution in [0.3, 0.4) is 0 Å². The smallest absolute Gasteiger partial charge is 0.234 e. The summed E-state index contributed by atoms with van der Waals surface area (Å²) in [7, 11) is 1.52. The molecule has 0 saturated carbocycles. The second-order valence-electron chi connectivity index (χ2n) is 4.67. The SMILES string of the molecule is COc1cccc(-c2nn3c(C(C)C)nnc3s2)c1O. The molecular weight excluding hydrogens is 276 g/mol. The number of fused-ring (bicyclic) bond motifs is 1. The third-order valence-corrected chi connectivity index (χ3v) is 3.91. The third-order valence-electron chi connectivity index (χ3n) is 2.98. The van der Waals surface area contributed by atoms with E-state index in [0.717, 1.165) is 5.82 Å². The van der Waals surface area contributed by atoms with Crippen LogP contribution >= 0.6 is 11.3 Å². The quantitative estimate of drug-likeness (QED) is 0.803. The lowest BCUT2D eigenvalue weighted by molar-refractivity contribution is 0.374. The molecule has 7 heteroatoms. The molecule has 0 aliphatic carbocycles. The predicted molar refractivity (Wildman–Crippen MR) is 76.4 cm³/mol. The first-order valence-electron chi connectivity index (χ1n) is 6.20. The zero-order valence-electron chi connectivity index (χ0n) is 11.4. The van der Waals surface area contributed by atoms with Crippen LogP contribution in [0.1, 0.15) is 25.6 Å². The molecule has 3 rings (SSSR count). The Morgan fingerprint density at radius 3 is 2.80 bits per heavy atom. The molecule has 0 bridgehead atoms. The van der Waals surface area contributed by atoms with Crippen LogP contribution in [0.15, 0.2) is 18.2 Å². The Morgan fingerprint density at radius 2 is 2.10 bits per heavy atom. The Bertz CT molecular complexity index is 763. The highest BCUT2D eigenvalue weighted by Crippen LogP contribution is 2.38. The van der Waals surface area contributed by atoms with Gasteiger partial charge >= 0.3 is 0 Å². The van der Waals surface area contributed by atoms with Crippen molar-refractivity contribution in [2.45, 2.75) is 19.8 Å². The number of phenolic OH excluding ortho intramolecular Hbond substituents is 1. The Balaban J connectivity index is 2.15. The molecule has 104 valence electrons. The number of aromatic hydroxyl groups is 1. The van der Waals surface area contributed by atoms with Crippen LogP contribution in [0.2, 0.25) is 0 Å². The maximum atomic E-state index is 10.2. The minimum atomic E-state index is 0.0889. The highest BCUT2D eigenvalue weighted by Gasteiger charge is 2.18. The highest BCUT2D eigenvalue weighted by atomic mass is 32.1. The molecule has 0 aliphatic heterocycles. The molecule has 2 heterocycles. The zero-order chi connectivity index (χ0) is 14.3. The number of benzene rings is 1. The molecule has 3 aromatic rings. The van der Waals surface area contributed by atoms with Gasteiger partial charge in [0.05, 0.1) is 12.7 Å². The van der Waals surface area contributed by atoms with E-state index >= 15 is 0 Å². The first kappa shape index (κ1) is 12.9. The molecular formula is C13H14N4O2S. The van der Waals surface area contributed by atoms with Crippen LogP contribution in [-0.2, 0) is 0 Å². The molecule has 6 nitrogen and oxygen atoms in total. The van der Waals surface area contributed by atoms with Crippen molar-refractivity contribution < 1.29 is 9.84 Å². The van der Waals surface area contributed by atoms with E-state index in [4.69, 9.17) is 4.74 Å². The molecule has 0 amide bonds. The second kappa shape index (κ2) is 4.75. The van der Waals surface area contributed by atoms with Crippen molar-refractivity contribution in [2.75, 3.05) is 7.11 Å². The number of aromatic nitrogens is 4. The summed E-state index contributed by atoms with van der Waals surface area (Å²) in [5.74, 6) is 1.56. The van der Waals surface area contributed by atoms with Gasteiger partial charge in [0.25, 0.3) is 0 Å². The lowest BCUT2D eigenvalue weighted by Crippen LogP contribution is -1.98. The molecule has 20 heavy (non-hydrogen) atoms. The number of nitrogens with zero attached hydrogens (tertiary/aromatic N) is 4.